The maximum atomic E-state index is 5.13. The van der Waals surface area contributed by atoms with Gasteiger partial charge in [-0.15, -0.1) is 0 Å². The minimum atomic E-state index is -0.498. The summed E-state index contributed by atoms with van der Waals surface area (Å²) in [4.78, 5) is 17.7. The Bertz CT molecular complexity index is 3140. The minimum Gasteiger partial charge on any atom is -0.310 e. The van der Waals surface area contributed by atoms with Gasteiger partial charge >= 0.3 is 0 Å². The predicted molar refractivity (Wildman–Crippen MR) is 252 cm³/mol. The number of nitrogens with zero attached hydrogens (tertiary/aromatic N) is 4. The second-order valence-corrected chi connectivity index (χ2v) is 16.3. The van der Waals surface area contributed by atoms with Crippen molar-refractivity contribution >= 4 is 22.6 Å². The number of aromatic nitrogens is 3. The Balaban J connectivity index is 0.985. The molecule has 1 aromatic heterocycles. The molecule has 0 radical (unpaired) electrons. The fourth-order valence-electron chi connectivity index (χ4n) is 10.2. The summed E-state index contributed by atoms with van der Waals surface area (Å²) < 4.78 is 0. The Labute approximate surface area is 361 Å². The monoisotopic (exact) mass is 792 g/mol. The molecule has 0 saturated heterocycles. The SMILES string of the molecule is C1=CC2=C(C(c3ccc(-c4nc(-c5ccccc5)nc(-c5ccc(-c6ccccc6)cc5)n4)cc3)C1)C1(c3ccccc32)c2ccccc2N(c2ccccc2)c2ccccc21. The normalized spacial score (nSPS) is 15.5. The lowest BCUT2D eigenvalue weighted by molar-refractivity contribution is 0.637. The molecule has 0 fully saturated rings. The molecule has 12 rings (SSSR count). The smallest absolute Gasteiger partial charge is 0.164 e. The Kier molecular flexibility index (Phi) is 8.49. The summed E-state index contributed by atoms with van der Waals surface area (Å²) in [5, 5.41) is 0. The first-order valence-electron chi connectivity index (χ1n) is 21.4. The number of benzene rings is 8. The zero-order valence-electron chi connectivity index (χ0n) is 33.9. The van der Waals surface area contributed by atoms with Gasteiger partial charge in [-0.05, 0) is 80.8 Å². The molecule has 0 saturated carbocycles. The molecule has 0 bridgehead atoms. The van der Waals surface area contributed by atoms with Crippen molar-refractivity contribution in [1.82, 2.24) is 15.0 Å². The lowest BCUT2D eigenvalue weighted by Gasteiger charge is -2.47. The minimum absolute atomic E-state index is 0.123. The van der Waals surface area contributed by atoms with Gasteiger partial charge < -0.3 is 4.90 Å². The summed E-state index contributed by atoms with van der Waals surface area (Å²) in [6.45, 7) is 0. The van der Waals surface area contributed by atoms with Crippen LogP contribution in [0.5, 0.6) is 0 Å². The Hall–Kier alpha value is -7.95. The Morgan fingerprint density at radius 3 is 1.44 bits per heavy atom. The van der Waals surface area contributed by atoms with E-state index in [-0.39, 0.29) is 5.92 Å². The van der Waals surface area contributed by atoms with Crippen LogP contribution in [-0.4, -0.2) is 15.0 Å². The molecule has 9 aromatic rings. The maximum Gasteiger partial charge on any atom is 0.164 e. The van der Waals surface area contributed by atoms with Crippen molar-refractivity contribution < 1.29 is 0 Å². The summed E-state index contributed by atoms with van der Waals surface area (Å²) in [5.41, 5.74) is 17.5. The molecule has 62 heavy (non-hydrogen) atoms. The first-order valence-corrected chi connectivity index (χ1v) is 21.4. The number of hydrogen-bond donors (Lipinski definition) is 0. The highest BCUT2D eigenvalue weighted by Crippen LogP contribution is 2.66. The van der Waals surface area contributed by atoms with Crippen LogP contribution in [0, 0.1) is 0 Å². The van der Waals surface area contributed by atoms with Crippen LogP contribution in [0.4, 0.5) is 17.1 Å². The van der Waals surface area contributed by atoms with Crippen LogP contribution in [0.3, 0.4) is 0 Å². The summed E-state index contributed by atoms with van der Waals surface area (Å²) in [5.74, 6) is 2.07. The van der Waals surface area contributed by atoms with Crippen LogP contribution < -0.4 is 4.90 Å². The summed E-state index contributed by atoms with van der Waals surface area (Å²) >= 11 is 0. The van der Waals surface area contributed by atoms with E-state index in [1.165, 1.54) is 55.9 Å². The molecule has 2 heterocycles. The van der Waals surface area contributed by atoms with E-state index in [9.17, 15) is 0 Å². The van der Waals surface area contributed by atoms with Gasteiger partial charge in [0.15, 0.2) is 17.5 Å². The van der Waals surface area contributed by atoms with E-state index in [1.807, 2.05) is 24.3 Å². The van der Waals surface area contributed by atoms with E-state index in [1.54, 1.807) is 0 Å². The molecular formula is C58H40N4. The fraction of sp³-hybridized carbons (Fsp3) is 0.0517. The molecule has 292 valence electrons. The Morgan fingerprint density at radius 1 is 0.403 bits per heavy atom. The van der Waals surface area contributed by atoms with Crippen molar-refractivity contribution in [1.29, 1.82) is 0 Å². The van der Waals surface area contributed by atoms with Crippen molar-refractivity contribution in [2.45, 2.75) is 17.8 Å². The van der Waals surface area contributed by atoms with Crippen molar-refractivity contribution in [3.8, 4) is 45.3 Å². The fourth-order valence-corrected chi connectivity index (χ4v) is 10.2. The van der Waals surface area contributed by atoms with Crippen LogP contribution >= 0.6 is 0 Å². The van der Waals surface area contributed by atoms with Gasteiger partial charge in [-0.1, -0.05) is 200 Å². The lowest BCUT2D eigenvalue weighted by atomic mass is 9.60. The van der Waals surface area contributed by atoms with Crippen molar-refractivity contribution in [2.24, 2.45) is 0 Å². The highest BCUT2D eigenvalue weighted by atomic mass is 15.2. The molecule has 0 N–H and O–H groups in total. The van der Waals surface area contributed by atoms with Crippen LogP contribution in [0.25, 0.3) is 50.9 Å². The molecule has 1 atom stereocenters. The van der Waals surface area contributed by atoms with E-state index >= 15 is 0 Å². The average molecular weight is 793 g/mol. The highest BCUT2D eigenvalue weighted by molar-refractivity contribution is 5.98. The topological polar surface area (TPSA) is 41.9 Å². The zero-order valence-corrected chi connectivity index (χ0v) is 33.9. The molecule has 3 aliphatic rings. The van der Waals surface area contributed by atoms with Gasteiger partial charge in [0.2, 0.25) is 0 Å². The van der Waals surface area contributed by atoms with Gasteiger partial charge in [-0.25, -0.2) is 15.0 Å². The molecule has 8 aromatic carbocycles. The molecule has 2 aliphatic carbocycles. The molecule has 1 spiro atoms. The van der Waals surface area contributed by atoms with Crippen LogP contribution in [0.1, 0.15) is 40.2 Å². The number of rotatable bonds is 6. The van der Waals surface area contributed by atoms with Crippen LogP contribution in [-0.2, 0) is 5.41 Å². The second-order valence-electron chi connectivity index (χ2n) is 16.3. The number of anilines is 3. The first kappa shape index (κ1) is 35.9. The quantitative estimate of drug-likeness (QED) is 0.168. The number of allylic oxidation sites excluding steroid dienone is 4. The molecule has 0 amide bonds. The van der Waals surface area contributed by atoms with Gasteiger partial charge in [-0.3, -0.25) is 0 Å². The molecule has 1 aliphatic heterocycles. The number of para-hydroxylation sites is 3. The summed E-state index contributed by atoms with van der Waals surface area (Å²) in [7, 11) is 0. The molecular weight excluding hydrogens is 753 g/mol. The zero-order chi connectivity index (χ0) is 41.0. The van der Waals surface area contributed by atoms with Crippen LogP contribution in [0.15, 0.2) is 230 Å². The van der Waals surface area contributed by atoms with Crippen molar-refractivity contribution in [2.75, 3.05) is 4.90 Å². The number of fused-ring (bicyclic) bond motifs is 8. The average Bonchev–Trinajstić information content (AvgIpc) is 3.66. The summed E-state index contributed by atoms with van der Waals surface area (Å²) in [6, 6.07) is 76.1. The maximum absolute atomic E-state index is 5.13. The van der Waals surface area contributed by atoms with E-state index in [0.29, 0.717) is 17.5 Å². The van der Waals surface area contributed by atoms with E-state index in [0.717, 1.165) is 34.4 Å². The predicted octanol–water partition coefficient (Wildman–Crippen LogP) is 14.2. The highest BCUT2D eigenvalue weighted by Gasteiger charge is 2.54. The van der Waals surface area contributed by atoms with Gasteiger partial charge in [-0.2, -0.15) is 0 Å². The second kappa shape index (κ2) is 14.6. The van der Waals surface area contributed by atoms with E-state index in [2.05, 4.69) is 205 Å². The lowest BCUT2D eigenvalue weighted by Crippen LogP contribution is -2.38. The molecule has 4 nitrogen and oxygen atoms in total. The largest absolute Gasteiger partial charge is 0.310 e. The van der Waals surface area contributed by atoms with Gasteiger partial charge in [0.1, 0.15) is 0 Å². The third-order valence-corrected chi connectivity index (χ3v) is 12.9. The third kappa shape index (κ3) is 5.64. The Morgan fingerprint density at radius 2 is 0.839 bits per heavy atom. The van der Waals surface area contributed by atoms with E-state index < -0.39 is 5.41 Å². The summed E-state index contributed by atoms with van der Waals surface area (Å²) in [6.07, 6.45) is 5.65. The third-order valence-electron chi connectivity index (χ3n) is 12.9. The standard InChI is InChI=1S/C58H40N4/c1-4-17-39(18-5-1)40-31-35-43(36-32-40)56-59-55(42-19-6-2-7-20-42)60-57(61-56)44-37-33-41(34-38-44)46-24-16-25-48-47-23-10-11-26-49(47)58(54(46)48)50-27-12-14-29-52(50)62(45-21-8-3-9-22-45)53-30-15-13-28-51(53)58/h1-23,25-38,46H,24H2. The van der Waals surface area contributed by atoms with Crippen LogP contribution in [0.2, 0.25) is 0 Å². The molecule has 4 heteroatoms. The molecule has 1 unspecified atom stereocenters. The first-order chi connectivity index (χ1) is 30.8. The van der Waals surface area contributed by atoms with Gasteiger partial charge in [0, 0.05) is 28.3 Å². The van der Waals surface area contributed by atoms with Crippen molar-refractivity contribution in [3.05, 3.63) is 258 Å². The van der Waals surface area contributed by atoms with Gasteiger partial charge in [0.05, 0.1) is 16.8 Å². The van der Waals surface area contributed by atoms with Gasteiger partial charge in [0.25, 0.3) is 0 Å². The number of hydrogen-bond acceptors (Lipinski definition) is 4. The van der Waals surface area contributed by atoms with Crippen molar-refractivity contribution in [3.63, 3.8) is 0 Å². The van der Waals surface area contributed by atoms with E-state index in [4.69, 9.17) is 15.0 Å².